The van der Waals surface area contributed by atoms with Crippen molar-refractivity contribution < 1.29 is 9.47 Å². The summed E-state index contributed by atoms with van der Waals surface area (Å²) in [5, 5.41) is 3.76. The fourth-order valence-electron chi connectivity index (χ4n) is 3.14. The van der Waals surface area contributed by atoms with Crippen LogP contribution in [0.25, 0.3) is 0 Å². The van der Waals surface area contributed by atoms with Gasteiger partial charge in [-0.3, -0.25) is 0 Å². The lowest BCUT2D eigenvalue weighted by atomic mass is 9.98. The number of hydrogen-bond acceptors (Lipinski definition) is 3. The SMILES string of the molecule is CCCC1CC(NC2COc3ccccc32)CCO1. The largest absolute Gasteiger partial charge is 0.491 e. The predicted octanol–water partition coefficient (Wildman–Crippen LogP) is 3.06. The van der Waals surface area contributed by atoms with Gasteiger partial charge in [-0.15, -0.1) is 0 Å². The molecule has 0 saturated carbocycles. The van der Waals surface area contributed by atoms with Crippen LogP contribution in [0.1, 0.15) is 44.2 Å². The molecule has 0 aliphatic carbocycles. The Morgan fingerprint density at radius 2 is 2.21 bits per heavy atom. The molecule has 3 nitrogen and oxygen atoms in total. The van der Waals surface area contributed by atoms with Gasteiger partial charge in [0.15, 0.2) is 0 Å². The summed E-state index contributed by atoms with van der Waals surface area (Å²) in [5.41, 5.74) is 1.31. The van der Waals surface area contributed by atoms with Crippen molar-refractivity contribution in [3.63, 3.8) is 0 Å². The minimum Gasteiger partial charge on any atom is -0.491 e. The van der Waals surface area contributed by atoms with Gasteiger partial charge in [0.1, 0.15) is 12.4 Å². The number of rotatable bonds is 4. The minimum atomic E-state index is 0.349. The molecule has 1 aromatic carbocycles. The molecule has 1 aromatic rings. The van der Waals surface area contributed by atoms with E-state index in [9.17, 15) is 0 Å². The fourth-order valence-corrected chi connectivity index (χ4v) is 3.14. The van der Waals surface area contributed by atoms with Gasteiger partial charge in [0, 0.05) is 18.2 Å². The van der Waals surface area contributed by atoms with E-state index in [4.69, 9.17) is 9.47 Å². The number of benzene rings is 1. The van der Waals surface area contributed by atoms with Gasteiger partial charge in [0.05, 0.1) is 12.1 Å². The van der Waals surface area contributed by atoms with Gasteiger partial charge in [0.2, 0.25) is 0 Å². The van der Waals surface area contributed by atoms with Crippen LogP contribution in [0, 0.1) is 0 Å². The molecule has 2 aliphatic rings. The first-order valence-corrected chi connectivity index (χ1v) is 7.46. The topological polar surface area (TPSA) is 30.5 Å². The first kappa shape index (κ1) is 12.9. The fraction of sp³-hybridized carbons (Fsp3) is 0.625. The molecule has 2 aliphatic heterocycles. The second-order valence-corrected chi connectivity index (χ2v) is 5.57. The summed E-state index contributed by atoms with van der Waals surface area (Å²) in [6, 6.07) is 9.26. The Morgan fingerprint density at radius 3 is 3.11 bits per heavy atom. The normalized spacial score (nSPS) is 29.8. The Kier molecular flexibility index (Phi) is 4.04. The van der Waals surface area contributed by atoms with Gasteiger partial charge in [-0.05, 0) is 25.3 Å². The lowest BCUT2D eigenvalue weighted by Gasteiger charge is -2.31. The Labute approximate surface area is 115 Å². The van der Waals surface area contributed by atoms with Crippen LogP contribution in [0.3, 0.4) is 0 Å². The van der Waals surface area contributed by atoms with E-state index in [-0.39, 0.29) is 0 Å². The van der Waals surface area contributed by atoms with Crippen molar-refractivity contribution in [1.82, 2.24) is 5.32 Å². The maximum absolute atomic E-state index is 5.81. The van der Waals surface area contributed by atoms with Crippen molar-refractivity contribution in [3.05, 3.63) is 29.8 Å². The van der Waals surface area contributed by atoms with Gasteiger partial charge in [-0.1, -0.05) is 31.5 Å². The first-order valence-electron chi connectivity index (χ1n) is 7.46. The molecule has 0 aromatic heterocycles. The highest BCUT2D eigenvalue weighted by Gasteiger charge is 2.28. The third-order valence-corrected chi connectivity index (χ3v) is 4.11. The van der Waals surface area contributed by atoms with E-state index in [1.54, 1.807) is 0 Å². The summed E-state index contributed by atoms with van der Waals surface area (Å²) in [6.07, 6.45) is 5.06. The highest BCUT2D eigenvalue weighted by atomic mass is 16.5. The molecule has 3 heteroatoms. The highest BCUT2D eigenvalue weighted by Crippen LogP contribution is 2.33. The Hall–Kier alpha value is -1.06. The molecule has 3 atom stereocenters. The monoisotopic (exact) mass is 261 g/mol. The standard InChI is InChI=1S/C16H23NO2/c1-2-5-13-10-12(8-9-18-13)17-15-11-19-16-7-4-3-6-14(15)16/h3-4,6-7,12-13,15,17H,2,5,8-11H2,1H3. The van der Waals surface area contributed by atoms with Crippen LogP contribution in [-0.4, -0.2) is 25.4 Å². The maximum atomic E-state index is 5.81. The summed E-state index contributed by atoms with van der Waals surface area (Å²) < 4.78 is 11.5. The molecular weight excluding hydrogens is 238 g/mol. The van der Waals surface area contributed by atoms with Gasteiger partial charge >= 0.3 is 0 Å². The molecule has 3 unspecified atom stereocenters. The molecule has 1 fully saturated rings. The summed E-state index contributed by atoms with van der Waals surface area (Å²) in [6.45, 7) is 3.87. The van der Waals surface area contributed by atoms with Gasteiger partial charge in [-0.25, -0.2) is 0 Å². The Morgan fingerprint density at radius 1 is 1.32 bits per heavy atom. The van der Waals surface area contributed by atoms with Gasteiger partial charge in [0.25, 0.3) is 0 Å². The summed E-state index contributed by atoms with van der Waals surface area (Å²) in [5.74, 6) is 1.04. The van der Waals surface area contributed by atoms with Crippen molar-refractivity contribution in [1.29, 1.82) is 0 Å². The molecule has 104 valence electrons. The van der Waals surface area contributed by atoms with E-state index in [2.05, 4.69) is 30.4 Å². The molecule has 0 bridgehead atoms. The summed E-state index contributed by atoms with van der Waals surface area (Å²) in [7, 11) is 0. The third-order valence-electron chi connectivity index (χ3n) is 4.11. The van der Waals surface area contributed by atoms with Crippen molar-refractivity contribution in [2.75, 3.05) is 13.2 Å². The molecular formula is C16H23NO2. The number of hydrogen-bond donors (Lipinski definition) is 1. The van der Waals surface area contributed by atoms with Crippen LogP contribution < -0.4 is 10.1 Å². The minimum absolute atomic E-state index is 0.349. The molecule has 2 heterocycles. The number of para-hydroxylation sites is 1. The van der Waals surface area contributed by atoms with Gasteiger partial charge < -0.3 is 14.8 Å². The molecule has 1 N–H and O–H groups in total. The zero-order valence-corrected chi connectivity index (χ0v) is 11.6. The number of fused-ring (bicyclic) bond motifs is 1. The van der Waals surface area contributed by atoms with Crippen LogP contribution in [0.2, 0.25) is 0 Å². The first-order chi connectivity index (χ1) is 9.36. The van der Waals surface area contributed by atoms with E-state index in [0.717, 1.165) is 31.8 Å². The van der Waals surface area contributed by atoms with Crippen LogP contribution in [0.5, 0.6) is 5.75 Å². The van der Waals surface area contributed by atoms with Crippen LogP contribution in [-0.2, 0) is 4.74 Å². The predicted molar refractivity (Wildman–Crippen MR) is 75.5 cm³/mol. The van der Waals surface area contributed by atoms with E-state index in [1.807, 2.05) is 6.07 Å². The quantitative estimate of drug-likeness (QED) is 0.903. The van der Waals surface area contributed by atoms with Crippen molar-refractivity contribution >= 4 is 0 Å². The second kappa shape index (κ2) is 5.93. The zero-order chi connectivity index (χ0) is 13.1. The summed E-state index contributed by atoms with van der Waals surface area (Å²) >= 11 is 0. The smallest absolute Gasteiger partial charge is 0.124 e. The van der Waals surface area contributed by atoms with Crippen LogP contribution in [0.15, 0.2) is 24.3 Å². The Balaban J connectivity index is 1.60. The average molecular weight is 261 g/mol. The van der Waals surface area contributed by atoms with Gasteiger partial charge in [-0.2, -0.15) is 0 Å². The number of nitrogens with one attached hydrogen (secondary N) is 1. The van der Waals surface area contributed by atoms with Crippen molar-refractivity contribution in [3.8, 4) is 5.75 Å². The Bertz CT molecular complexity index is 419. The van der Waals surface area contributed by atoms with E-state index in [0.29, 0.717) is 18.2 Å². The van der Waals surface area contributed by atoms with Crippen molar-refractivity contribution in [2.24, 2.45) is 0 Å². The summed E-state index contributed by atoms with van der Waals surface area (Å²) in [4.78, 5) is 0. The van der Waals surface area contributed by atoms with E-state index < -0.39 is 0 Å². The molecule has 0 amide bonds. The molecule has 19 heavy (non-hydrogen) atoms. The molecule has 3 rings (SSSR count). The zero-order valence-electron chi connectivity index (χ0n) is 11.6. The van der Waals surface area contributed by atoms with Crippen molar-refractivity contribution in [2.45, 2.75) is 50.8 Å². The molecule has 0 radical (unpaired) electrons. The maximum Gasteiger partial charge on any atom is 0.124 e. The average Bonchev–Trinajstić information content (AvgIpc) is 2.83. The van der Waals surface area contributed by atoms with Crippen LogP contribution in [0.4, 0.5) is 0 Å². The third kappa shape index (κ3) is 2.93. The van der Waals surface area contributed by atoms with E-state index in [1.165, 1.54) is 18.4 Å². The molecule has 0 spiro atoms. The lowest BCUT2D eigenvalue weighted by Crippen LogP contribution is -2.41. The molecule has 1 saturated heterocycles. The number of ether oxygens (including phenoxy) is 2. The highest BCUT2D eigenvalue weighted by molar-refractivity contribution is 5.39. The van der Waals surface area contributed by atoms with Crippen LogP contribution >= 0.6 is 0 Å². The lowest BCUT2D eigenvalue weighted by molar-refractivity contribution is -0.00543. The van der Waals surface area contributed by atoms with E-state index >= 15 is 0 Å². The second-order valence-electron chi connectivity index (χ2n) is 5.57.